The standard InChI is InChI=1S/C15H16O3/c1-18-15-9-6-12(10-14(15)17)3-2-11-4-7-13(16)8-5-11/h4-10,16-17H,2-3H2,1H3. The predicted octanol–water partition coefficient (Wildman–Crippen LogP) is 2.89. The predicted molar refractivity (Wildman–Crippen MR) is 70.2 cm³/mol. The fourth-order valence-corrected chi connectivity index (χ4v) is 1.84. The van der Waals surface area contributed by atoms with Crippen LogP contribution in [0.4, 0.5) is 0 Å². The van der Waals surface area contributed by atoms with E-state index in [9.17, 15) is 10.2 Å². The summed E-state index contributed by atoms with van der Waals surface area (Å²) in [7, 11) is 1.53. The minimum atomic E-state index is 0.167. The van der Waals surface area contributed by atoms with Crippen molar-refractivity contribution in [3.63, 3.8) is 0 Å². The first kappa shape index (κ1) is 12.3. The van der Waals surface area contributed by atoms with Crippen LogP contribution in [-0.4, -0.2) is 17.3 Å². The van der Waals surface area contributed by atoms with Gasteiger partial charge in [0.25, 0.3) is 0 Å². The van der Waals surface area contributed by atoms with Gasteiger partial charge in [-0.2, -0.15) is 0 Å². The van der Waals surface area contributed by atoms with Crippen LogP contribution >= 0.6 is 0 Å². The molecule has 3 heteroatoms. The van der Waals surface area contributed by atoms with Crippen LogP contribution in [0.3, 0.4) is 0 Å². The Morgan fingerprint density at radius 3 is 2.11 bits per heavy atom. The zero-order chi connectivity index (χ0) is 13.0. The molecule has 0 fully saturated rings. The topological polar surface area (TPSA) is 49.7 Å². The number of aryl methyl sites for hydroxylation is 2. The average molecular weight is 244 g/mol. The molecule has 0 unspecified atom stereocenters. The third-order valence-electron chi connectivity index (χ3n) is 2.88. The molecule has 0 spiro atoms. The van der Waals surface area contributed by atoms with Crippen LogP contribution in [0.5, 0.6) is 17.2 Å². The molecule has 0 saturated heterocycles. The summed E-state index contributed by atoms with van der Waals surface area (Å²) in [6, 6.07) is 12.6. The van der Waals surface area contributed by atoms with Crippen LogP contribution in [0.15, 0.2) is 42.5 Å². The summed E-state index contributed by atoms with van der Waals surface area (Å²) in [5, 5.41) is 18.9. The van der Waals surface area contributed by atoms with Crippen molar-refractivity contribution in [1.82, 2.24) is 0 Å². The van der Waals surface area contributed by atoms with Gasteiger partial charge in [-0.3, -0.25) is 0 Å². The molecule has 0 heterocycles. The maximum Gasteiger partial charge on any atom is 0.160 e. The summed E-state index contributed by atoms with van der Waals surface area (Å²) in [5.41, 5.74) is 2.21. The van der Waals surface area contributed by atoms with E-state index < -0.39 is 0 Å². The third-order valence-corrected chi connectivity index (χ3v) is 2.88. The highest BCUT2D eigenvalue weighted by Crippen LogP contribution is 2.26. The maximum absolute atomic E-state index is 9.67. The van der Waals surface area contributed by atoms with Crippen molar-refractivity contribution in [3.8, 4) is 17.2 Å². The molecule has 0 aromatic heterocycles. The fourth-order valence-electron chi connectivity index (χ4n) is 1.84. The molecule has 0 amide bonds. The average Bonchev–Trinajstić information content (AvgIpc) is 2.38. The Kier molecular flexibility index (Phi) is 3.72. The molecule has 0 saturated carbocycles. The molecular weight excluding hydrogens is 228 g/mol. The fraction of sp³-hybridized carbons (Fsp3) is 0.200. The summed E-state index contributed by atoms with van der Waals surface area (Å²) < 4.78 is 5.00. The van der Waals surface area contributed by atoms with Gasteiger partial charge in [0, 0.05) is 0 Å². The van der Waals surface area contributed by atoms with Gasteiger partial charge in [-0.05, 0) is 48.2 Å². The molecule has 3 nitrogen and oxygen atoms in total. The minimum absolute atomic E-state index is 0.167. The van der Waals surface area contributed by atoms with Crippen molar-refractivity contribution in [3.05, 3.63) is 53.6 Å². The van der Waals surface area contributed by atoms with Gasteiger partial charge in [-0.1, -0.05) is 18.2 Å². The van der Waals surface area contributed by atoms with E-state index in [0.29, 0.717) is 5.75 Å². The van der Waals surface area contributed by atoms with Crippen LogP contribution in [-0.2, 0) is 12.8 Å². The Balaban J connectivity index is 2.02. The highest BCUT2D eigenvalue weighted by Gasteiger charge is 2.03. The molecule has 2 aromatic carbocycles. The van der Waals surface area contributed by atoms with Gasteiger partial charge >= 0.3 is 0 Å². The van der Waals surface area contributed by atoms with E-state index in [0.717, 1.165) is 24.0 Å². The first-order chi connectivity index (χ1) is 8.69. The lowest BCUT2D eigenvalue weighted by atomic mass is 10.0. The van der Waals surface area contributed by atoms with Crippen molar-refractivity contribution in [2.45, 2.75) is 12.8 Å². The van der Waals surface area contributed by atoms with Crippen molar-refractivity contribution >= 4 is 0 Å². The van der Waals surface area contributed by atoms with Gasteiger partial charge in [-0.25, -0.2) is 0 Å². The Morgan fingerprint density at radius 2 is 1.50 bits per heavy atom. The van der Waals surface area contributed by atoms with Crippen molar-refractivity contribution in [1.29, 1.82) is 0 Å². The maximum atomic E-state index is 9.67. The number of benzene rings is 2. The van der Waals surface area contributed by atoms with E-state index in [-0.39, 0.29) is 11.5 Å². The third kappa shape index (κ3) is 2.94. The second kappa shape index (κ2) is 5.45. The first-order valence-corrected chi connectivity index (χ1v) is 5.83. The number of hydrogen-bond donors (Lipinski definition) is 2. The highest BCUT2D eigenvalue weighted by molar-refractivity contribution is 5.42. The summed E-state index contributed by atoms with van der Waals surface area (Å²) in [6.45, 7) is 0. The first-order valence-electron chi connectivity index (χ1n) is 5.83. The van der Waals surface area contributed by atoms with Crippen LogP contribution in [0.25, 0.3) is 0 Å². The molecule has 0 aliphatic heterocycles. The summed E-state index contributed by atoms with van der Waals surface area (Å²) >= 11 is 0. The van der Waals surface area contributed by atoms with Crippen LogP contribution < -0.4 is 4.74 Å². The second-order valence-corrected chi connectivity index (χ2v) is 4.17. The zero-order valence-electron chi connectivity index (χ0n) is 10.3. The molecule has 0 atom stereocenters. The van der Waals surface area contributed by atoms with E-state index in [1.165, 1.54) is 7.11 Å². The van der Waals surface area contributed by atoms with E-state index >= 15 is 0 Å². The lowest BCUT2D eigenvalue weighted by Gasteiger charge is -2.06. The quantitative estimate of drug-likeness (QED) is 0.869. The van der Waals surface area contributed by atoms with Crippen LogP contribution in [0.2, 0.25) is 0 Å². The molecule has 2 N–H and O–H groups in total. The number of aromatic hydroxyl groups is 2. The highest BCUT2D eigenvalue weighted by atomic mass is 16.5. The Morgan fingerprint density at radius 1 is 0.889 bits per heavy atom. The molecule has 0 aliphatic carbocycles. The molecule has 18 heavy (non-hydrogen) atoms. The summed E-state index contributed by atoms with van der Waals surface area (Å²) in [6.07, 6.45) is 1.70. The van der Waals surface area contributed by atoms with E-state index in [4.69, 9.17) is 4.74 Å². The normalized spacial score (nSPS) is 10.3. The van der Waals surface area contributed by atoms with Crippen LogP contribution in [0.1, 0.15) is 11.1 Å². The van der Waals surface area contributed by atoms with Gasteiger partial charge in [0.1, 0.15) is 5.75 Å². The summed E-state index contributed by atoms with van der Waals surface area (Å²) in [4.78, 5) is 0. The van der Waals surface area contributed by atoms with Crippen molar-refractivity contribution < 1.29 is 14.9 Å². The minimum Gasteiger partial charge on any atom is -0.508 e. The van der Waals surface area contributed by atoms with Crippen molar-refractivity contribution in [2.24, 2.45) is 0 Å². The molecule has 2 aromatic rings. The molecule has 0 bridgehead atoms. The van der Waals surface area contributed by atoms with Gasteiger partial charge in [-0.15, -0.1) is 0 Å². The monoisotopic (exact) mass is 244 g/mol. The largest absolute Gasteiger partial charge is 0.508 e. The molecule has 2 rings (SSSR count). The van der Waals surface area contributed by atoms with E-state index in [2.05, 4.69) is 0 Å². The summed E-state index contributed by atoms with van der Waals surface area (Å²) in [5.74, 6) is 0.935. The Labute approximate surface area is 106 Å². The second-order valence-electron chi connectivity index (χ2n) is 4.17. The number of phenols is 2. The molecule has 0 aliphatic rings. The Hall–Kier alpha value is -2.16. The van der Waals surface area contributed by atoms with Gasteiger partial charge in [0.05, 0.1) is 7.11 Å². The number of methoxy groups -OCH3 is 1. The van der Waals surface area contributed by atoms with E-state index in [1.54, 1.807) is 24.3 Å². The van der Waals surface area contributed by atoms with Gasteiger partial charge in [0.2, 0.25) is 0 Å². The zero-order valence-corrected chi connectivity index (χ0v) is 10.3. The Bertz CT molecular complexity index is 518. The molecule has 94 valence electrons. The lowest BCUT2D eigenvalue weighted by Crippen LogP contribution is -1.92. The SMILES string of the molecule is COc1ccc(CCc2ccc(O)cc2)cc1O. The number of hydrogen-bond acceptors (Lipinski definition) is 3. The molecular formula is C15H16O3. The molecule has 0 radical (unpaired) electrons. The lowest BCUT2D eigenvalue weighted by molar-refractivity contribution is 0.373. The number of rotatable bonds is 4. The van der Waals surface area contributed by atoms with Gasteiger partial charge < -0.3 is 14.9 Å². The van der Waals surface area contributed by atoms with Crippen LogP contribution in [0, 0.1) is 0 Å². The van der Waals surface area contributed by atoms with E-state index in [1.807, 2.05) is 18.2 Å². The number of phenolic OH excluding ortho intramolecular Hbond substituents is 2. The smallest absolute Gasteiger partial charge is 0.160 e. The van der Waals surface area contributed by atoms with Crippen molar-refractivity contribution in [2.75, 3.05) is 7.11 Å². The number of ether oxygens (including phenoxy) is 1. The van der Waals surface area contributed by atoms with Gasteiger partial charge in [0.15, 0.2) is 11.5 Å².